The molecule has 0 aliphatic heterocycles. The van der Waals surface area contributed by atoms with Crippen LogP contribution in [0.5, 0.6) is 0 Å². The van der Waals surface area contributed by atoms with Crippen LogP contribution in [0.25, 0.3) is 0 Å². The molecular formula is C12H16N4O. The van der Waals surface area contributed by atoms with Gasteiger partial charge >= 0.3 is 0 Å². The Balaban J connectivity index is 2.52. The molecule has 0 saturated heterocycles. The average Bonchev–Trinajstić information content (AvgIpc) is 2.35. The van der Waals surface area contributed by atoms with Crippen LogP contribution in [0.4, 0.5) is 0 Å². The number of hydrazone groups is 1. The normalized spacial score (nSPS) is 21.5. The molecule has 1 rings (SSSR count). The van der Waals surface area contributed by atoms with Gasteiger partial charge in [0, 0.05) is 18.1 Å². The molecule has 0 spiro atoms. The minimum Gasteiger partial charge on any atom is -0.272 e. The van der Waals surface area contributed by atoms with Crippen LogP contribution in [0, 0.1) is 28.6 Å². The fraction of sp³-hybridized carbons (Fsp3) is 0.667. The van der Waals surface area contributed by atoms with E-state index in [0.717, 1.165) is 37.8 Å². The van der Waals surface area contributed by atoms with Crippen LogP contribution in [0.2, 0.25) is 0 Å². The molecule has 0 aromatic heterocycles. The van der Waals surface area contributed by atoms with Crippen LogP contribution in [-0.4, -0.2) is 11.6 Å². The van der Waals surface area contributed by atoms with Crippen molar-refractivity contribution in [3.63, 3.8) is 0 Å². The quantitative estimate of drug-likeness (QED) is 0.750. The van der Waals surface area contributed by atoms with Crippen molar-refractivity contribution in [2.45, 2.75) is 44.9 Å². The molecule has 5 heteroatoms. The molecule has 0 aromatic carbocycles. The van der Waals surface area contributed by atoms with E-state index in [-0.39, 0.29) is 12.3 Å². The Labute approximate surface area is 101 Å². The molecular weight excluding hydrogens is 216 g/mol. The first-order valence-electron chi connectivity index (χ1n) is 5.87. The summed E-state index contributed by atoms with van der Waals surface area (Å²) in [6.07, 6.45) is 5.31. The maximum atomic E-state index is 11.1. The van der Waals surface area contributed by atoms with Crippen molar-refractivity contribution in [3.8, 4) is 12.1 Å². The smallest absolute Gasteiger partial charge is 0.254 e. The molecule has 0 unspecified atom stereocenters. The lowest BCUT2D eigenvalue weighted by Gasteiger charge is -2.22. The summed E-state index contributed by atoms with van der Waals surface area (Å²) in [4.78, 5) is 11.1. The minimum absolute atomic E-state index is 0.167. The molecule has 0 bridgehead atoms. The van der Waals surface area contributed by atoms with Gasteiger partial charge in [-0.3, -0.25) is 4.79 Å². The van der Waals surface area contributed by atoms with Crippen LogP contribution in [0.15, 0.2) is 5.10 Å². The first-order valence-corrected chi connectivity index (χ1v) is 5.87. The van der Waals surface area contributed by atoms with Crippen molar-refractivity contribution in [1.29, 1.82) is 10.5 Å². The molecule has 17 heavy (non-hydrogen) atoms. The second-order valence-electron chi connectivity index (χ2n) is 4.11. The van der Waals surface area contributed by atoms with Gasteiger partial charge in [0.1, 0.15) is 6.42 Å². The Morgan fingerprint density at radius 3 is 2.94 bits per heavy atom. The molecule has 1 atom stereocenters. The summed E-state index contributed by atoms with van der Waals surface area (Å²) in [5.41, 5.74) is 3.37. The van der Waals surface area contributed by atoms with Crippen molar-refractivity contribution in [1.82, 2.24) is 5.43 Å². The Kier molecular flexibility index (Phi) is 5.74. The molecule has 0 heterocycles. The predicted octanol–water partition coefficient (Wildman–Crippen LogP) is 1.87. The third-order valence-corrected chi connectivity index (χ3v) is 2.88. The van der Waals surface area contributed by atoms with Gasteiger partial charge in [0.2, 0.25) is 0 Å². The molecule has 1 N–H and O–H groups in total. The second kappa shape index (κ2) is 7.40. The Hall–Kier alpha value is -1.88. The number of nitriles is 2. The monoisotopic (exact) mass is 232 g/mol. The molecule has 90 valence electrons. The van der Waals surface area contributed by atoms with E-state index in [1.807, 2.05) is 0 Å². The zero-order valence-corrected chi connectivity index (χ0v) is 9.78. The average molecular weight is 232 g/mol. The second-order valence-corrected chi connectivity index (χ2v) is 4.11. The van der Waals surface area contributed by atoms with Gasteiger partial charge in [-0.15, -0.1) is 0 Å². The van der Waals surface area contributed by atoms with Gasteiger partial charge in [0.15, 0.2) is 0 Å². The standard InChI is InChI=1S/C12H16N4O/c13-8-3-5-10-4-1-2-6-11(10)15-16-12(17)7-9-14/h10H,1-7H2,(H,16,17)/b15-11-/t10-/m0/s1. The van der Waals surface area contributed by atoms with Crippen LogP contribution < -0.4 is 5.43 Å². The lowest BCUT2D eigenvalue weighted by molar-refractivity contribution is -0.120. The zero-order chi connectivity index (χ0) is 12.5. The van der Waals surface area contributed by atoms with Crippen LogP contribution >= 0.6 is 0 Å². The summed E-state index contributed by atoms with van der Waals surface area (Å²) >= 11 is 0. The topological polar surface area (TPSA) is 89.0 Å². The molecule has 1 aliphatic carbocycles. The van der Waals surface area contributed by atoms with Crippen molar-refractivity contribution in [3.05, 3.63) is 0 Å². The lowest BCUT2D eigenvalue weighted by atomic mass is 9.84. The van der Waals surface area contributed by atoms with E-state index in [2.05, 4.69) is 16.6 Å². The number of hydrogen-bond acceptors (Lipinski definition) is 4. The number of hydrogen-bond donors (Lipinski definition) is 1. The van der Waals surface area contributed by atoms with Gasteiger partial charge < -0.3 is 0 Å². The van der Waals surface area contributed by atoms with Gasteiger partial charge in [-0.1, -0.05) is 6.42 Å². The Morgan fingerprint density at radius 1 is 1.41 bits per heavy atom. The number of rotatable bonds is 4. The van der Waals surface area contributed by atoms with E-state index < -0.39 is 0 Å². The van der Waals surface area contributed by atoms with Crippen LogP contribution in [0.1, 0.15) is 44.9 Å². The van der Waals surface area contributed by atoms with Gasteiger partial charge in [0.05, 0.1) is 12.1 Å². The Morgan fingerprint density at radius 2 is 2.24 bits per heavy atom. The minimum atomic E-state index is -0.371. The molecule has 1 fully saturated rings. The van der Waals surface area contributed by atoms with Crippen LogP contribution in [-0.2, 0) is 4.79 Å². The number of amides is 1. The van der Waals surface area contributed by atoms with Crippen LogP contribution in [0.3, 0.4) is 0 Å². The maximum absolute atomic E-state index is 11.1. The maximum Gasteiger partial charge on any atom is 0.254 e. The van der Waals surface area contributed by atoms with Crippen molar-refractivity contribution >= 4 is 11.6 Å². The summed E-state index contributed by atoms with van der Waals surface area (Å²) in [5, 5.41) is 21.0. The van der Waals surface area contributed by atoms with E-state index in [0.29, 0.717) is 12.3 Å². The molecule has 0 radical (unpaired) electrons. The molecule has 1 amide bonds. The highest BCUT2D eigenvalue weighted by Crippen LogP contribution is 2.25. The molecule has 1 aliphatic rings. The Bertz CT molecular complexity index is 375. The van der Waals surface area contributed by atoms with Gasteiger partial charge in [-0.25, -0.2) is 5.43 Å². The fourth-order valence-corrected chi connectivity index (χ4v) is 2.01. The van der Waals surface area contributed by atoms with Crippen molar-refractivity contribution in [2.75, 3.05) is 0 Å². The molecule has 5 nitrogen and oxygen atoms in total. The zero-order valence-electron chi connectivity index (χ0n) is 9.78. The largest absolute Gasteiger partial charge is 0.272 e. The van der Waals surface area contributed by atoms with E-state index in [1.165, 1.54) is 0 Å². The van der Waals surface area contributed by atoms with Gasteiger partial charge in [-0.2, -0.15) is 15.6 Å². The first kappa shape index (κ1) is 13.2. The number of nitrogens with one attached hydrogen (secondary N) is 1. The van der Waals surface area contributed by atoms with E-state index >= 15 is 0 Å². The van der Waals surface area contributed by atoms with Crippen molar-refractivity contribution in [2.24, 2.45) is 11.0 Å². The highest BCUT2D eigenvalue weighted by atomic mass is 16.2. The first-order chi connectivity index (χ1) is 8.27. The third-order valence-electron chi connectivity index (χ3n) is 2.88. The summed E-state index contributed by atoms with van der Waals surface area (Å²) in [6.45, 7) is 0. The summed E-state index contributed by atoms with van der Waals surface area (Å²) in [7, 11) is 0. The highest BCUT2D eigenvalue weighted by molar-refractivity contribution is 5.89. The summed E-state index contributed by atoms with van der Waals surface area (Å²) in [6, 6.07) is 3.91. The van der Waals surface area contributed by atoms with E-state index in [1.54, 1.807) is 6.07 Å². The van der Waals surface area contributed by atoms with Gasteiger partial charge in [-0.05, 0) is 25.7 Å². The molecule has 0 aromatic rings. The summed E-state index contributed by atoms with van der Waals surface area (Å²) in [5.74, 6) is -0.0598. The molecule has 1 saturated carbocycles. The summed E-state index contributed by atoms with van der Waals surface area (Å²) < 4.78 is 0. The highest BCUT2D eigenvalue weighted by Gasteiger charge is 2.20. The number of nitrogens with zero attached hydrogens (tertiary/aromatic N) is 3. The van der Waals surface area contributed by atoms with Gasteiger partial charge in [0.25, 0.3) is 5.91 Å². The van der Waals surface area contributed by atoms with Crippen molar-refractivity contribution < 1.29 is 4.79 Å². The predicted molar refractivity (Wildman–Crippen MR) is 62.6 cm³/mol. The fourth-order valence-electron chi connectivity index (χ4n) is 2.01. The SMILES string of the molecule is N#CCC[C@@H]1CCCC/C1=N/NC(=O)CC#N. The van der Waals surface area contributed by atoms with E-state index in [4.69, 9.17) is 10.5 Å². The number of carbonyl (C=O) groups is 1. The lowest BCUT2D eigenvalue weighted by Crippen LogP contribution is -2.25. The third kappa shape index (κ3) is 4.65. The number of carbonyl (C=O) groups excluding carboxylic acids is 1. The van der Waals surface area contributed by atoms with E-state index in [9.17, 15) is 4.79 Å².